The normalized spacial score (nSPS) is 17.7. The van der Waals surface area contributed by atoms with Gasteiger partial charge in [0, 0.05) is 25.0 Å². The molecule has 1 saturated heterocycles. The van der Waals surface area contributed by atoms with E-state index in [2.05, 4.69) is 68.2 Å². The van der Waals surface area contributed by atoms with E-state index in [9.17, 15) is 14.4 Å². The number of carbonyl (C=O) groups is 3. The minimum Gasteiger partial charge on any atom is -0.467 e. The van der Waals surface area contributed by atoms with Crippen molar-refractivity contribution in [1.82, 2.24) is 15.6 Å². The Labute approximate surface area is 214 Å². The molecule has 0 saturated carbocycles. The number of aromatic nitrogens is 1. The molecule has 1 unspecified atom stereocenters. The van der Waals surface area contributed by atoms with Crippen LogP contribution in [0.15, 0.2) is 5.38 Å². The number of ether oxygens (including phenoxy) is 1. The van der Waals surface area contributed by atoms with Gasteiger partial charge < -0.3 is 24.7 Å². The molecular formula is C24H42N4O5SSi. The minimum absolute atomic E-state index is 0.0283. The molecule has 11 heteroatoms. The minimum atomic E-state index is -2.12. The predicted molar refractivity (Wildman–Crippen MR) is 141 cm³/mol. The maximum Gasteiger partial charge on any atom is 0.330 e. The first kappa shape index (κ1) is 29.2. The number of nitrogens with zero attached hydrogens (tertiary/aromatic N) is 2. The standard InChI is InChI=1S/C24H42N4O5SSi/c1-16(2)12-25-20(29)17-10-9-11-28(13-17)23-27-19(15-34-23)21(30)26-18(22(31)32-6)14-33-35(7,8)24(3,4)5/h15-18H,9-14H2,1-8H3,(H,25,29)(H,26,30)/t17?,18-/m0/s1. The number of esters is 1. The van der Waals surface area contributed by atoms with Gasteiger partial charge in [0.25, 0.3) is 5.91 Å². The number of carbonyl (C=O) groups excluding carboxylic acids is 3. The number of anilines is 1. The lowest BCUT2D eigenvalue weighted by Gasteiger charge is -2.37. The van der Waals surface area contributed by atoms with Crippen LogP contribution in [0.2, 0.25) is 18.1 Å². The summed E-state index contributed by atoms with van der Waals surface area (Å²) in [6.45, 7) is 16.7. The highest BCUT2D eigenvalue weighted by Gasteiger charge is 2.38. The molecule has 2 amide bonds. The largest absolute Gasteiger partial charge is 0.467 e. The summed E-state index contributed by atoms with van der Waals surface area (Å²) in [6, 6.07) is -0.921. The van der Waals surface area contributed by atoms with Gasteiger partial charge in [0.05, 0.1) is 19.6 Å². The van der Waals surface area contributed by atoms with Gasteiger partial charge in [-0.3, -0.25) is 9.59 Å². The molecule has 198 valence electrons. The Bertz CT molecular complexity index is 884. The Morgan fingerprint density at radius 3 is 2.57 bits per heavy atom. The maximum absolute atomic E-state index is 12.9. The lowest BCUT2D eigenvalue weighted by molar-refractivity contribution is -0.143. The molecule has 1 aromatic rings. The van der Waals surface area contributed by atoms with Gasteiger partial charge in [0.1, 0.15) is 11.7 Å². The van der Waals surface area contributed by atoms with Gasteiger partial charge in [-0.25, -0.2) is 9.78 Å². The predicted octanol–water partition coefficient (Wildman–Crippen LogP) is 3.42. The van der Waals surface area contributed by atoms with E-state index in [1.54, 1.807) is 5.38 Å². The second-order valence-electron chi connectivity index (χ2n) is 11.1. The summed E-state index contributed by atoms with van der Waals surface area (Å²) >= 11 is 1.36. The van der Waals surface area contributed by atoms with Crippen molar-refractivity contribution in [1.29, 1.82) is 0 Å². The summed E-state index contributed by atoms with van der Waals surface area (Å²) < 4.78 is 11.0. The number of rotatable bonds is 10. The summed E-state index contributed by atoms with van der Waals surface area (Å²) in [5.41, 5.74) is 0.234. The Morgan fingerprint density at radius 1 is 1.29 bits per heavy atom. The Morgan fingerprint density at radius 2 is 1.97 bits per heavy atom. The molecule has 0 aliphatic carbocycles. The fourth-order valence-corrected chi connectivity index (χ4v) is 5.24. The highest BCUT2D eigenvalue weighted by molar-refractivity contribution is 7.13. The van der Waals surface area contributed by atoms with E-state index in [0.717, 1.165) is 19.4 Å². The van der Waals surface area contributed by atoms with Gasteiger partial charge in [-0.1, -0.05) is 34.6 Å². The highest BCUT2D eigenvalue weighted by atomic mass is 32.1. The Kier molecular flexibility index (Phi) is 10.3. The van der Waals surface area contributed by atoms with E-state index in [1.165, 1.54) is 18.4 Å². The van der Waals surface area contributed by atoms with Gasteiger partial charge in [0.15, 0.2) is 13.4 Å². The number of hydrogen-bond donors (Lipinski definition) is 2. The van der Waals surface area contributed by atoms with Crippen LogP contribution in [-0.4, -0.2) is 70.5 Å². The van der Waals surface area contributed by atoms with Crippen LogP contribution in [0, 0.1) is 11.8 Å². The van der Waals surface area contributed by atoms with Gasteiger partial charge in [-0.15, -0.1) is 11.3 Å². The molecule has 2 atom stereocenters. The highest BCUT2D eigenvalue weighted by Crippen LogP contribution is 2.36. The Hall–Kier alpha value is -1.98. The van der Waals surface area contributed by atoms with Crippen molar-refractivity contribution in [3.05, 3.63) is 11.1 Å². The summed E-state index contributed by atoms with van der Waals surface area (Å²) in [6.07, 6.45) is 1.73. The van der Waals surface area contributed by atoms with Crippen molar-refractivity contribution < 1.29 is 23.5 Å². The molecule has 1 aliphatic heterocycles. The molecule has 2 heterocycles. The average Bonchev–Trinajstić information content (AvgIpc) is 3.29. The van der Waals surface area contributed by atoms with Crippen LogP contribution in [0.4, 0.5) is 5.13 Å². The van der Waals surface area contributed by atoms with Crippen LogP contribution < -0.4 is 15.5 Å². The lowest BCUT2D eigenvalue weighted by Crippen LogP contribution is -2.49. The maximum atomic E-state index is 12.9. The molecule has 1 fully saturated rings. The van der Waals surface area contributed by atoms with E-state index in [1.807, 2.05) is 0 Å². The second kappa shape index (κ2) is 12.3. The average molecular weight is 527 g/mol. The molecule has 0 bridgehead atoms. The smallest absolute Gasteiger partial charge is 0.330 e. The van der Waals surface area contributed by atoms with Crippen molar-refractivity contribution in [3.63, 3.8) is 0 Å². The van der Waals surface area contributed by atoms with Crippen LogP contribution in [0.3, 0.4) is 0 Å². The van der Waals surface area contributed by atoms with Crippen LogP contribution in [0.1, 0.15) is 57.9 Å². The van der Waals surface area contributed by atoms with Crippen molar-refractivity contribution >= 4 is 42.6 Å². The molecule has 1 aromatic heterocycles. The summed E-state index contributed by atoms with van der Waals surface area (Å²) in [5, 5.41) is 8.09. The molecule has 0 aromatic carbocycles. The number of nitrogens with one attached hydrogen (secondary N) is 2. The first-order chi connectivity index (χ1) is 16.2. The SMILES string of the molecule is COC(=O)[C@H](CO[Si](C)(C)C(C)(C)C)NC(=O)c1csc(N2CCCC(C(=O)NCC(C)C)C2)n1. The van der Waals surface area contributed by atoms with Crippen molar-refractivity contribution in [2.75, 3.05) is 38.3 Å². The molecule has 0 spiro atoms. The molecular weight excluding hydrogens is 484 g/mol. The number of amides is 2. The summed E-state index contributed by atoms with van der Waals surface area (Å²) in [5.74, 6) is -0.635. The summed E-state index contributed by atoms with van der Waals surface area (Å²) in [4.78, 5) is 44.3. The zero-order valence-electron chi connectivity index (χ0n) is 22.4. The monoisotopic (exact) mass is 526 g/mol. The van der Waals surface area contributed by atoms with E-state index < -0.39 is 26.2 Å². The van der Waals surface area contributed by atoms with Gasteiger partial charge in [-0.05, 0) is 36.9 Å². The zero-order chi connectivity index (χ0) is 26.4. The van der Waals surface area contributed by atoms with Crippen molar-refractivity contribution in [2.24, 2.45) is 11.8 Å². The second-order valence-corrected chi connectivity index (χ2v) is 16.7. The fourth-order valence-electron chi connectivity index (χ4n) is 3.38. The van der Waals surface area contributed by atoms with Crippen LogP contribution in [-0.2, 0) is 18.8 Å². The van der Waals surface area contributed by atoms with Crippen molar-refractivity contribution in [3.8, 4) is 0 Å². The van der Waals surface area contributed by atoms with Gasteiger partial charge >= 0.3 is 5.97 Å². The molecule has 1 aliphatic rings. The van der Waals surface area contributed by atoms with Gasteiger partial charge in [0.2, 0.25) is 5.91 Å². The first-order valence-electron chi connectivity index (χ1n) is 12.3. The van der Waals surface area contributed by atoms with E-state index in [0.29, 0.717) is 24.1 Å². The molecule has 2 rings (SSSR count). The molecule has 2 N–H and O–H groups in total. The summed E-state index contributed by atoms with van der Waals surface area (Å²) in [7, 11) is -0.825. The zero-order valence-corrected chi connectivity index (χ0v) is 24.2. The van der Waals surface area contributed by atoms with Crippen LogP contribution in [0.5, 0.6) is 0 Å². The molecule has 0 radical (unpaired) electrons. The lowest BCUT2D eigenvalue weighted by atomic mass is 9.97. The fraction of sp³-hybridized carbons (Fsp3) is 0.750. The van der Waals surface area contributed by atoms with E-state index >= 15 is 0 Å². The molecule has 35 heavy (non-hydrogen) atoms. The number of hydrogen-bond acceptors (Lipinski definition) is 8. The van der Waals surface area contributed by atoms with Crippen LogP contribution >= 0.6 is 11.3 Å². The number of piperidine rings is 1. The van der Waals surface area contributed by atoms with Gasteiger partial charge in [-0.2, -0.15) is 0 Å². The third-order valence-corrected chi connectivity index (χ3v) is 12.1. The van der Waals surface area contributed by atoms with Crippen LogP contribution in [0.25, 0.3) is 0 Å². The Balaban J connectivity index is 2.02. The third-order valence-electron chi connectivity index (χ3n) is 6.68. The van der Waals surface area contributed by atoms with E-state index in [-0.39, 0.29) is 29.2 Å². The number of thiazole rings is 1. The third kappa shape index (κ3) is 8.28. The quantitative estimate of drug-likeness (QED) is 0.355. The van der Waals surface area contributed by atoms with Crippen molar-refractivity contribution in [2.45, 2.75) is 71.6 Å². The first-order valence-corrected chi connectivity index (χ1v) is 16.0. The topological polar surface area (TPSA) is 110 Å². The van der Waals surface area contributed by atoms with E-state index in [4.69, 9.17) is 9.16 Å². The molecule has 9 nitrogen and oxygen atoms in total. The number of methoxy groups -OCH3 is 1.